The number of thioether (sulfide) groups is 1. The van der Waals surface area contributed by atoms with Crippen molar-refractivity contribution >= 4 is 46.7 Å². The van der Waals surface area contributed by atoms with Crippen LogP contribution in [0.15, 0.2) is 58.9 Å². The van der Waals surface area contributed by atoms with E-state index in [1.54, 1.807) is 23.9 Å². The highest BCUT2D eigenvalue weighted by Crippen LogP contribution is 2.48. The molecular weight excluding hydrogens is 533 g/mol. The number of aromatic hydroxyl groups is 1. The van der Waals surface area contributed by atoms with Crippen LogP contribution in [0.25, 0.3) is 0 Å². The highest BCUT2D eigenvalue weighted by Gasteiger charge is 2.42. The number of hydrogen-bond acceptors (Lipinski definition) is 7. The van der Waals surface area contributed by atoms with E-state index in [4.69, 9.17) is 32.7 Å². The maximum absolute atomic E-state index is 13.7. The Balaban J connectivity index is 1.78. The monoisotopic (exact) mass is 561 g/mol. The van der Waals surface area contributed by atoms with Gasteiger partial charge in [0.1, 0.15) is 6.61 Å². The molecule has 196 valence electrons. The Kier molecular flexibility index (Phi) is 8.78. The predicted molar refractivity (Wildman–Crippen MR) is 148 cm³/mol. The maximum Gasteiger partial charge on any atom is 0.336 e. The number of nitrogens with one attached hydrogen (secondary N) is 1. The van der Waals surface area contributed by atoms with Gasteiger partial charge in [-0.25, -0.2) is 4.79 Å². The molecule has 1 aliphatic heterocycles. The number of phenols is 1. The predicted octanol–water partition coefficient (Wildman–Crippen LogP) is 6.37. The summed E-state index contributed by atoms with van der Waals surface area (Å²) in [5.74, 6) is 0.270. The minimum atomic E-state index is -0.715. The van der Waals surface area contributed by atoms with Crippen molar-refractivity contribution in [2.45, 2.75) is 38.5 Å². The van der Waals surface area contributed by atoms with Crippen molar-refractivity contribution in [3.8, 4) is 11.5 Å². The van der Waals surface area contributed by atoms with Gasteiger partial charge < -0.3 is 19.9 Å². The first kappa shape index (κ1) is 27.4. The van der Waals surface area contributed by atoms with Crippen LogP contribution in [-0.4, -0.2) is 42.1 Å². The van der Waals surface area contributed by atoms with Crippen molar-refractivity contribution in [3.63, 3.8) is 0 Å². The number of benzene rings is 2. The number of rotatable bonds is 8. The summed E-state index contributed by atoms with van der Waals surface area (Å²) in [6.45, 7) is 4.12. The van der Waals surface area contributed by atoms with Gasteiger partial charge in [-0.3, -0.25) is 4.79 Å². The number of methoxy groups -OCH3 is 1. The Labute approximate surface area is 231 Å². The van der Waals surface area contributed by atoms with Crippen molar-refractivity contribution < 1.29 is 24.2 Å². The molecule has 2 aromatic rings. The fraction of sp³-hybridized carbons (Fsp3) is 0.357. The topological polar surface area (TPSA) is 84.9 Å². The van der Waals surface area contributed by atoms with Crippen LogP contribution in [0, 0.1) is 0 Å². The van der Waals surface area contributed by atoms with E-state index < -0.39 is 11.9 Å². The molecule has 0 fully saturated rings. The third kappa shape index (κ3) is 5.79. The number of esters is 1. The van der Waals surface area contributed by atoms with E-state index >= 15 is 0 Å². The minimum absolute atomic E-state index is 0.0259. The fourth-order valence-corrected chi connectivity index (χ4v) is 5.78. The molecule has 1 heterocycles. The summed E-state index contributed by atoms with van der Waals surface area (Å²) in [5.41, 5.74) is 3.83. The van der Waals surface area contributed by atoms with Crippen LogP contribution in [-0.2, 0) is 14.3 Å². The number of hydrogen-bond donors (Lipinski definition) is 2. The maximum atomic E-state index is 13.7. The number of carbonyl (C=O) groups excluding carboxylic acids is 2. The van der Waals surface area contributed by atoms with Crippen LogP contribution in [0.4, 0.5) is 0 Å². The normalized spacial score (nSPS) is 19.4. The fourth-order valence-electron chi connectivity index (χ4n) is 4.95. The molecular formula is C28H29Cl2NO5S. The molecule has 0 amide bonds. The third-order valence-electron chi connectivity index (χ3n) is 6.66. The molecule has 1 aliphatic carbocycles. The van der Waals surface area contributed by atoms with E-state index in [9.17, 15) is 14.7 Å². The van der Waals surface area contributed by atoms with Crippen molar-refractivity contribution in [3.05, 3.63) is 80.1 Å². The van der Waals surface area contributed by atoms with Crippen molar-refractivity contribution in [1.82, 2.24) is 5.32 Å². The SMILES string of the molecule is CCSCCOC(=O)C1=C(C)NC2=C(C(=O)C[C@H](c3ccc(Cl)cc3)C2)[C@H]1c1cc(Cl)c(O)c(OC)c1. The van der Waals surface area contributed by atoms with Gasteiger partial charge in [0.2, 0.25) is 0 Å². The lowest BCUT2D eigenvalue weighted by molar-refractivity contribution is -0.138. The molecule has 0 saturated carbocycles. The molecule has 0 saturated heterocycles. The first-order chi connectivity index (χ1) is 17.7. The molecule has 2 N–H and O–H groups in total. The first-order valence-corrected chi connectivity index (χ1v) is 14.0. The number of dihydropyridines is 1. The summed E-state index contributed by atoms with van der Waals surface area (Å²) in [6, 6.07) is 10.7. The minimum Gasteiger partial charge on any atom is -0.503 e. The van der Waals surface area contributed by atoms with E-state index in [1.807, 2.05) is 38.1 Å². The van der Waals surface area contributed by atoms with Gasteiger partial charge in [-0.1, -0.05) is 42.3 Å². The van der Waals surface area contributed by atoms with Gasteiger partial charge in [-0.15, -0.1) is 0 Å². The van der Waals surface area contributed by atoms with Crippen LogP contribution in [0.2, 0.25) is 10.0 Å². The van der Waals surface area contributed by atoms with Crippen molar-refractivity contribution in [2.75, 3.05) is 25.2 Å². The molecule has 0 radical (unpaired) electrons. The molecule has 37 heavy (non-hydrogen) atoms. The van der Waals surface area contributed by atoms with E-state index in [0.29, 0.717) is 39.6 Å². The lowest BCUT2D eigenvalue weighted by Gasteiger charge is -2.37. The number of Topliss-reactive ketones (excluding diaryl/α,β-unsaturated/α-hetero) is 1. The number of allylic oxidation sites excluding steroid dienone is 3. The Bertz CT molecular complexity index is 1270. The summed E-state index contributed by atoms with van der Waals surface area (Å²) in [5, 5.41) is 14.4. The smallest absolute Gasteiger partial charge is 0.336 e. The standard InChI is InChI=1S/C28H29Cl2NO5S/c1-4-37-10-9-36-28(34)24-15(2)31-21-12-17(16-5-7-19(29)8-6-16)13-22(32)26(21)25(24)18-11-20(30)27(33)23(14-18)35-3/h5-8,11,14,17,25,31,33H,4,9-10,12-13H2,1-3H3/t17-,25+/m1/s1. The highest BCUT2D eigenvalue weighted by molar-refractivity contribution is 7.99. The van der Waals surface area contributed by atoms with E-state index in [-0.39, 0.29) is 41.3 Å². The van der Waals surface area contributed by atoms with E-state index in [0.717, 1.165) is 17.0 Å². The second kappa shape index (κ2) is 11.8. The van der Waals surface area contributed by atoms with Crippen LogP contribution in [0.3, 0.4) is 0 Å². The summed E-state index contributed by atoms with van der Waals surface area (Å²) in [6.07, 6.45) is 0.880. The van der Waals surface area contributed by atoms with Crippen molar-refractivity contribution in [2.24, 2.45) is 0 Å². The van der Waals surface area contributed by atoms with E-state index in [2.05, 4.69) is 5.32 Å². The molecule has 0 spiro atoms. The lowest BCUT2D eigenvalue weighted by Crippen LogP contribution is -2.36. The van der Waals surface area contributed by atoms with Gasteiger partial charge in [0.05, 0.1) is 17.7 Å². The summed E-state index contributed by atoms with van der Waals surface area (Å²) < 4.78 is 10.9. The van der Waals surface area contributed by atoms with Crippen molar-refractivity contribution in [1.29, 1.82) is 0 Å². The number of ether oxygens (including phenoxy) is 2. The van der Waals surface area contributed by atoms with Gasteiger partial charge in [-0.2, -0.15) is 11.8 Å². The molecule has 6 nitrogen and oxygen atoms in total. The van der Waals surface area contributed by atoms with Crippen LogP contribution in [0.1, 0.15) is 49.7 Å². The third-order valence-corrected chi connectivity index (χ3v) is 8.06. The Morgan fingerprint density at radius 2 is 1.89 bits per heavy atom. The molecule has 2 atom stereocenters. The number of halogens is 2. The molecule has 0 aromatic heterocycles. The summed E-state index contributed by atoms with van der Waals surface area (Å²) in [4.78, 5) is 27.1. The first-order valence-electron chi connectivity index (χ1n) is 12.1. The van der Waals surface area contributed by atoms with Gasteiger partial charge >= 0.3 is 5.97 Å². The van der Waals surface area contributed by atoms with Gasteiger partial charge in [0.25, 0.3) is 0 Å². The van der Waals surface area contributed by atoms with E-state index in [1.165, 1.54) is 7.11 Å². The quantitative estimate of drug-likeness (QED) is 0.286. The second-order valence-electron chi connectivity index (χ2n) is 8.96. The largest absolute Gasteiger partial charge is 0.503 e. The Hall–Kier alpha value is -2.61. The zero-order valence-corrected chi connectivity index (χ0v) is 23.2. The van der Waals surface area contributed by atoms with Crippen LogP contribution < -0.4 is 10.1 Å². The molecule has 0 bridgehead atoms. The average Bonchev–Trinajstić information content (AvgIpc) is 2.87. The molecule has 2 aromatic carbocycles. The highest BCUT2D eigenvalue weighted by atomic mass is 35.5. The number of carbonyl (C=O) groups is 2. The van der Waals surface area contributed by atoms with Gasteiger partial charge in [0.15, 0.2) is 17.3 Å². The molecule has 9 heteroatoms. The summed E-state index contributed by atoms with van der Waals surface area (Å²) in [7, 11) is 1.42. The zero-order valence-electron chi connectivity index (χ0n) is 20.9. The lowest BCUT2D eigenvalue weighted by atomic mass is 9.71. The number of ketones is 1. The summed E-state index contributed by atoms with van der Waals surface area (Å²) >= 11 is 14.1. The Morgan fingerprint density at radius 3 is 2.57 bits per heavy atom. The second-order valence-corrected chi connectivity index (χ2v) is 11.2. The molecule has 4 rings (SSSR count). The average molecular weight is 563 g/mol. The molecule has 0 unspecified atom stereocenters. The molecule has 2 aliphatic rings. The van der Waals surface area contributed by atoms with Crippen LogP contribution in [0.5, 0.6) is 11.5 Å². The van der Waals surface area contributed by atoms with Gasteiger partial charge in [0, 0.05) is 40.1 Å². The number of phenolic OH excluding ortho intramolecular Hbond substituents is 1. The zero-order chi connectivity index (χ0) is 26.7. The van der Waals surface area contributed by atoms with Crippen LogP contribution >= 0.6 is 35.0 Å². The Morgan fingerprint density at radius 1 is 1.16 bits per heavy atom. The van der Waals surface area contributed by atoms with Gasteiger partial charge in [-0.05, 0) is 60.4 Å².